The van der Waals surface area contributed by atoms with Crippen LogP contribution in [0.15, 0.2) is 65.2 Å². The van der Waals surface area contributed by atoms with Gasteiger partial charge < -0.3 is 14.7 Å². The first-order chi connectivity index (χ1) is 12.3. The van der Waals surface area contributed by atoms with Gasteiger partial charge in [0.05, 0.1) is 11.4 Å². The third-order valence-corrected chi connectivity index (χ3v) is 4.94. The molecule has 134 valence electrons. The van der Waals surface area contributed by atoms with Gasteiger partial charge in [0, 0.05) is 10.6 Å². The topological polar surface area (TPSA) is 32.7 Å². The van der Waals surface area contributed by atoms with E-state index in [0.717, 1.165) is 11.6 Å². The maximum Gasteiger partial charge on any atom is 0.447 e. The van der Waals surface area contributed by atoms with Gasteiger partial charge in [-0.1, -0.05) is 64.5 Å². The van der Waals surface area contributed by atoms with Crippen molar-refractivity contribution in [2.24, 2.45) is 0 Å². The van der Waals surface area contributed by atoms with Crippen LogP contribution in [-0.2, 0) is 4.74 Å². The molecule has 0 amide bonds. The first-order valence-electron chi connectivity index (χ1n) is 7.81. The van der Waals surface area contributed by atoms with E-state index >= 15 is 0 Å². The maximum atomic E-state index is 13.5. The van der Waals surface area contributed by atoms with Crippen molar-refractivity contribution in [2.75, 3.05) is 4.90 Å². The minimum absolute atomic E-state index is 0.221. The smallest absolute Gasteiger partial charge is 0.355 e. The predicted molar refractivity (Wildman–Crippen MR) is 96.1 cm³/mol. The maximum absolute atomic E-state index is 13.5. The first-order valence-corrected chi connectivity index (χ1v) is 8.60. The Balaban J connectivity index is 1.97. The largest absolute Gasteiger partial charge is 0.447 e. The van der Waals surface area contributed by atoms with Gasteiger partial charge in [-0.15, -0.1) is 0 Å². The number of hydrogen-bond donors (Lipinski definition) is 1. The third kappa shape index (κ3) is 2.67. The molecule has 0 bridgehead atoms. The Morgan fingerprint density at radius 1 is 1.04 bits per heavy atom. The summed E-state index contributed by atoms with van der Waals surface area (Å²) in [4.78, 5) is 1.65. The molecular weight excluding hydrogens is 411 g/mol. The molecule has 1 N–H and O–H groups in total. The number of anilines is 1. The number of aliphatic hydroxyl groups is 1. The number of alkyl halides is 3. The van der Waals surface area contributed by atoms with Gasteiger partial charge in [0.1, 0.15) is 0 Å². The van der Waals surface area contributed by atoms with E-state index < -0.39 is 18.2 Å². The summed E-state index contributed by atoms with van der Waals surface area (Å²) in [5.74, 6) is -3.39. The Bertz CT molecular complexity index is 911. The van der Waals surface area contributed by atoms with Gasteiger partial charge in [-0.25, -0.2) is 0 Å². The SMILES string of the molecule is O[C@]1(C(F)(F)F)C=C(c2ccccc2)N2c3ccccc3C=C(Br)[C@H]2O1. The Hall–Kier alpha value is -2.09. The monoisotopic (exact) mass is 423 g/mol. The van der Waals surface area contributed by atoms with Crippen LogP contribution in [-0.4, -0.2) is 23.3 Å². The molecule has 3 nitrogen and oxygen atoms in total. The molecule has 0 radical (unpaired) electrons. The average molecular weight is 424 g/mol. The zero-order valence-corrected chi connectivity index (χ0v) is 14.8. The summed E-state index contributed by atoms with van der Waals surface area (Å²) < 4.78 is 46.1. The van der Waals surface area contributed by atoms with Crippen LogP contribution in [0.3, 0.4) is 0 Å². The van der Waals surface area contributed by atoms with Crippen molar-refractivity contribution >= 4 is 33.4 Å². The van der Waals surface area contributed by atoms with E-state index in [4.69, 9.17) is 4.74 Å². The second-order valence-corrected chi connectivity index (χ2v) is 6.93. The lowest BCUT2D eigenvalue weighted by atomic mass is 9.99. The van der Waals surface area contributed by atoms with Crippen LogP contribution in [0, 0.1) is 0 Å². The summed E-state index contributed by atoms with van der Waals surface area (Å²) in [6, 6.07) is 15.9. The predicted octanol–water partition coefficient (Wildman–Crippen LogP) is 4.89. The van der Waals surface area contributed by atoms with Crippen molar-refractivity contribution in [2.45, 2.75) is 18.2 Å². The molecule has 26 heavy (non-hydrogen) atoms. The molecule has 2 aliphatic rings. The van der Waals surface area contributed by atoms with E-state index in [-0.39, 0.29) is 5.70 Å². The normalized spacial score (nSPS) is 25.1. The minimum atomic E-state index is -4.98. The number of fused-ring (bicyclic) bond motifs is 3. The molecule has 2 aliphatic heterocycles. The molecule has 0 spiro atoms. The second-order valence-electron chi connectivity index (χ2n) is 6.02. The Morgan fingerprint density at radius 2 is 1.69 bits per heavy atom. The summed E-state index contributed by atoms with van der Waals surface area (Å²) >= 11 is 3.31. The molecule has 0 aliphatic carbocycles. The Morgan fingerprint density at radius 3 is 2.38 bits per heavy atom. The van der Waals surface area contributed by atoms with Gasteiger partial charge in [0.25, 0.3) is 5.79 Å². The fourth-order valence-electron chi connectivity index (χ4n) is 3.10. The van der Waals surface area contributed by atoms with Gasteiger partial charge in [0.2, 0.25) is 0 Å². The van der Waals surface area contributed by atoms with Gasteiger partial charge in [0.15, 0.2) is 6.23 Å². The second kappa shape index (κ2) is 5.97. The average Bonchev–Trinajstić information content (AvgIpc) is 2.61. The number of rotatable bonds is 1. The lowest BCUT2D eigenvalue weighted by Gasteiger charge is -2.46. The van der Waals surface area contributed by atoms with Gasteiger partial charge >= 0.3 is 6.18 Å². The molecule has 0 unspecified atom stereocenters. The minimum Gasteiger partial charge on any atom is -0.355 e. The highest BCUT2D eigenvalue weighted by Gasteiger charge is 2.59. The van der Waals surface area contributed by atoms with E-state index in [1.54, 1.807) is 53.4 Å². The molecule has 2 aromatic carbocycles. The van der Waals surface area contributed by atoms with E-state index in [2.05, 4.69) is 15.9 Å². The van der Waals surface area contributed by atoms with Crippen molar-refractivity contribution in [1.29, 1.82) is 0 Å². The van der Waals surface area contributed by atoms with Crippen LogP contribution in [0.5, 0.6) is 0 Å². The quantitative estimate of drug-likeness (QED) is 0.708. The van der Waals surface area contributed by atoms with Crippen LogP contribution in [0.1, 0.15) is 11.1 Å². The van der Waals surface area contributed by atoms with E-state index in [1.165, 1.54) is 0 Å². The third-order valence-electron chi connectivity index (χ3n) is 4.32. The lowest BCUT2D eigenvalue weighted by molar-refractivity contribution is -0.350. The highest BCUT2D eigenvalue weighted by molar-refractivity contribution is 9.11. The summed E-state index contributed by atoms with van der Waals surface area (Å²) in [5.41, 5.74) is 2.29. The van der Waals surface area contributed by atoms with Crippen LogP contribution in [0.25, 0.3) is 11.8 Å². The highest BCUT2D eigenvalue weighted by Crippen LogP contribution is 2.48. The lowest BCUT2D eigenvalue weighted by Crippen LogP contribution is -2.56. The van der Waals surface area contributed by atoms with Crippen LogP contribution >= 0.6 is 15.9 Å². The molecule has 7 heteroatoms. The van der Waals surface area contributed by atoms with Crippen molar-refractivity contribution in [3.8, 4) is 0 Å². The molecule has 4 rings (SSSR count). The summed E-state index contributed by atoms with van der Waals surface area (Å²) in [6.07, 6.45) is -3.71. The summed E-state index contributed by atoms with van der Waals surface area (Å²) in [7, 11) is 0. The number of hydrogen-bond acceptors (Lipinski definition) is 3. The number of nitrogens with zero attached hydrogens (tertiary/aromatic N) is 1. The molecule has 0 saturated heterocycles. The van der Waals surface area contributed by atoms with Crippen molar-refractivity contribution in [1.82, 2.24) is 0 Å². The van der Waals surface area contributed by atoms with E-state index in [1.807, 2.05) is 12.1 Å². The summed E-state index contributed by atoms with van der Waals surface area (Å²) in [6.45, 7) is 0. The van der Waals surface area contributed by atoms with Crippen LogP contribution in [0.4, 0.5) is 18.9 Å². The molecule has 2 heterocycles. The highest BCUT2D eigenvalue weighted by atomic mass is 79.9. The van der Waals surface area contributed by atoms with Gasteiger partial charge in [-0.2, -0.15) is 13.2 Å². The molecule has 0 saturated carbocycles. The fraction of sp³-hybridized carbons (Fsp3) is 0.158. The van der Waals surface area contributed by atoms with Crippen molar-refractivity contribution in [3.05, 3.63) is 76.3 Å². The van der Waals surface area contributed by atoms with Crippen LogP contribution in [0.2, 0.25) is 0 Å². The van der Waals surface area contributed by atoms with Gasteiger partial charge in [-0.3, -0.25) is 0 Å². The fourth-order valence-corrected chi connectivity index (χ4v) is 3.65. The number of ether oxygens (including phenoxy) is 1. The number of para-hydroxylation sites is 1. The molecule has 2 aromatic rings. The molecule has 0 fully saturated rings. The Kier molecular flexibility index (Phi) is 3.98. The standard InChI is InChI=1S/C19H13BrF3NO2/c20-14-10-13-8-4-5-9-15(13)24-16(12-6-2-1-3-7-12)11-18(25,19(21,22)23)26-17(14)24/h1-11,17,25H/t17-,18-/m1/s1. The molecule has 0 aromatic heterocycles. The van der Waals surface area contributed by atoms with E-state index in [0.29, 0.717) is 15.7 Å². The van der Waals surface area contributed by atoms with Crippen LogP contribution < -0.4 is 4.90 Å². The van der Waals surface area contributed by atoms with E-state index in [9.17, 15) is 18.3 Å². The molecular formula is C19H13BrF3NO2. The number of benzene rings is 2. The first kappa shape index (κ1) is 17.3. The Labute approximate surface area is 156 Å². The van der Waals surface area contributed by atoms with Gasteiger partial charge in [-0.05, 0) is 23.3 Å². The summed E-state index contributed by atoms with van der Waals surface area (Å²) in [5, 5.41) is 10.2. The van der Waals surface area contributed by atoms with Crippen molar-refractivity contribution in [3.63, 3.8) is 0 Å². The zero-order valence-electron chi connectivity index (χ0n) is 13.2. The zero-order chi connectivity index (χ0) is 18.5. The van der Waals surface area contributed by atoms with Crippen molar-refractivity contribution < 1.29 is 23.0 Å². The number of halogens is 4. The molecule has 2 atom stereocenters.